The van der Waals surface area contributed by atoms with Crippen molar-refractivity contribution < 1.29 is 18.3 Å². The molecule has 1 atom stereocenters. The van der Waals surface area contributed by atoms with E-state index >= 15 is 0 Å². The smallest absolute Gasteiger partial charge is 0.244 e. The number of aryl methyl sites for hydroxylation is 1. The van der Waals surface area contributed by atoms with Gasteiger partial charge in [0.2, 0.25) is 10.0 Å². The summed E-state index contributed by atoms with van der Waals surface area (Å²) in [7, 11) is -3.60. The topological polar surface area (TPSA) is 93.5 Å². The first-order chi connectivity index (χ1) is 9.45. The van der Waals surface area contributed by atoms with E-state index in [1.165, 1.54) is 4.68 Å². The van der Waals surface area contributed by atoms with Crippen LogP contribution in [-0.2, 0) is 21.3 Å². The van der Waals surface area contributed by atoms with Crippen molar-refractivity contribution in [2.45, 2.75) is 44.2 Å². The Balaban J connectivity index is 2.15. The number of nitrogens with zero attached hydrogens (tertiary/aromatic N) is 2. The van der Waals surface area contributed by atoms with E-state index in [2.05, 4.69) is 9.82 Å². The number of aromatic nitrogens is 2. The van der Waals surface area contributed by atoms with Gasteiger partial charge in [0.25, 0.3) is 0 Å². The lowest BCUT2D eigenvalue weighted by Crippen LogP contribution is -2.32. The number of rotatable bonds is 6. The highest BCUT2D eigenvalue weighted by molar-refractivity contribution is 7.89. The highest BCUT2D eigenvalue weighted by Gasteiger charge is 2.26. The molecule has 2 N–H and O–H groups in total. The van der Waals surface area contributed by atoms with Gasteiger partial charge in [-0.25, -0.2) is 13.1 Å². The first-order valence-corrected chi connectivity index (χ1v) is 8.20. The van der Waals surface area contributed by atoms with Crippen LogP contribution in [0.25, 0.3) is 0 Å². The number of ether oxygens (including phenoxy) is 1. The predicted octanol–water partition coefficient (Wildman–Crippen LogP) is -0.0505. The van der Waals surface area contributed by atoms with E-state index in [0.29, 0.717) is 18.0 Å². The Morgan fingerprint density at radius 2 is 2.25 bits per heavy atom. The molecule has 1 aromatic rings. The molecule has 20 heavy (non-hydrogen) atoms. The Labute approximate surface area is 119 Å². The molecule has 1 aliphatic heterocycles. The average molecular weight is 303 g/mol. The van der Waals surface area contributed by atoms with Gasteiger partial charge >= 0.3 is 0 Å². The molecule has 0 aromatic carbocycles. The van der Waals surface area contributed by atoms with Gasteiger partial charge in [-0.05, 0) is 26.7 Å². The fraction of sp³-hybridized carbons (Fsp3) is 0.750. The van der Waals surface area contributed by atoms with Crippen molar-refractivity contribution in [1.82, 2.24) is 14.5 Å². The van der Waals surface area contributed by atoms with Gasteiger partial charge in [0.15, 0.2) is 0 Å². The van der Waals surface area contributed by atoms with Crippen molar-refractivity contribution in [2.75, 3.05) is 19.8 Å². The summed E-state index contributed by atoms with van der Waals surface area (Å²) in [5.41, 5.74) is 0.979. The fourth-order valence-electron chi connectivity index (χ4n) is 2.46. The van der Waals surface area contributed by atoms with Crippen LogP contribution >= 0.6 is 0 Å². The van der Waals surface area contributed by atoms with E-state index in [0.717, 1.165) is 12.8 Å². The van der Waals surface area contributed by atoms with Gasteiger partial charge in [0.1, 0.15) is 4.90 Å². The molecule has 114 valence electrons. The van der Waals surface area contributed by atoms with Crippen molar-refractivity contribution in [3.8, 4) is 0 Å². The zero-order valence-electron chi connectivity index (χ0n) is 11.8. The van der Waals surface area contributed by atoms with Gasteiger partial charge in [-0.1, -0.05) is 0 Å². The second-order valence-electron chi connectivity index (χ2n) is 4.93. The molecule has 2 heterocycles. The van der Waals surface area contributed by atoms with Crippen molar-refractivity contribution in [3.05, 3.63) is 11.4 Å². The number of hydrogen-bond donors (Lipinski definition) is 2. The predicted molar refractivity (Wildman–Crippen MR) is 72.9 cm³/mol. The van der Waals surface area contributed by atoms with E-state index in [1.54, 1.807) is 13.8 Å². The van der Waals surface area contributed by atoms with Crippen LogP contribution in [0.1, 0.15) is 24.2 Å². The Kier molecular flexibility index (Phi) is 4.79. The fourth-order valence-corrected chi connectivity index (χ4v) is 3.94. The van der Waals surface area contributed by atoms with Gasteiger partial charge in [-0.3, -0.25) is 4.68 Å². The zero-order valence-corrected chi connectivity index (χ0v) is 12.6. The molecular formula is C12H21N3O4S. The van der Waals surface area contributed by atoms with Crippen molar-refractivity contribution >= 4 is 10.0 Å². The summed E-state index contributed by atoms with van der Waals surface area (Å²) in [5, 5.41) is 13.1. The first-order valence-electron chi connectivity index (χ1n) is 6.72. The molecule has 0 bridgehead atoms. The number of nitrogens with one attached hydrogen (secondary N) is 1. The molecular weight excluding hydrogens is 282 g/mol. The second kappa shape index (κ2) is 6.21. The summed E-state index contributed by atoms with van der Waals surface area (Å²) in [6.45, 7) is 4.53. The van der Waals surface area contributed by atoms with Crippen molar-refractivity contribution in [3.63, 3.8) is 0 Å². The van der Waals surface area contributed by atoms with Crippen molar-refractivity contribution in [1.29, 1.82) is 0 Å². The minimum Gasteiger partial charge on any atom is -0.394 e. The summed E-state index contributed by atoms with van der Waals surface area (Å²) in [5.74, 6) is 0. The highest BCUT2D eigenvalue weighted by atomic mass is 32.2. The van der Waals surface area contributed by atoms with Crippen LogP contribution < -0.4 is 4.72 Å². The van der Waals surface area contributed by atoms with Crippen LogP contribution in [-0.4, -0.2) is 49.2 Å². The number of aliphatic hydroxyl groups is 1. The highest BCUT2D eigenvalue weighted by Crippen LogP contribution is 2.20. The first kappa shape index (κ1) is 15.4. The average Bonchev–Trinajstić information content (AvgIpc) is 2.97. The van der Waals surface area contributed by atoms with Gasteiger partial charge in [-0.15, -0.1) is 0 Å². The minimum absolute atomic E-state index is 0.0436. The Hall–Kier alpha value is -0.960. The van der Waals surface area contributed by atoms with Gasteiger partial charge in [-0.2, -0.15) is 5.10 Å². The lowest BCUT2D eigenvalue weighted by atomic mass is 10.2. The van der Waals surface area contributed by atoms with Crippen LogP contribution in [0.2, 0.25) is 0 Å². The number of aliphatic hydroxyl groups excluding tert-OH is 1. The molecule has 2 rings (SSSR count). The Bertz CT molecular complexity index is 562. The summed E-state index contributed by atoms with van der Waals surface area (Å²) in [4.78, 5) is 0.198. The Morgan fingerprint density at radius 1 is 1.50 bits per heavy atom. The van der Waals surface area contributed by atoms with E-state index in [-0.39, 0.29) is 30.7 Å². The molecule has 0 amide bonds. The van der Waals surface area contributed by atoms with Gasteiger partial charge in [0, 0.05) is 13.2 Å². The molecule has 1 aliphatic rings. The third kappa shape index (κ3) is 3.20. The molecule has 0 spiro atoms. The van der Waals surface area contributed by atoms with Crippen LogP contribution in [0, 0.1) is 13.8 Å². The van der Waals surface area contributed by atoms with E-state index in [1.807, 2.05) is 0 Å². The number of sulfonamides is 1. The second-order valence-corrected chi connectivity index (χ2v) is 6.64. The molecule has 1 fully saturated rings. The maximum Gasteiger partial charge on any atom is 0.244 e. The largest absolute Gasteiger partial charge is 0.394 e. The van der Waals surface area contributed by atoms with E-state index in [4.69, 9.17) is 9.84 Å². The zero-order chi connectivity index (χ0) is 14.8. The molecule has 0 saturated carbocycles. The lowest BCUT2D eigenvalue weighted by Gasteiger charge is -2.11. The third-order valence-electron chi connectivity index (χ3n) is 3.42. The normalized spacial score (nSPS) is 19.6. The summed E-state index contributed by atoms with van der Waals surface area (Å²) in [6.07, 6.45) is 1.81. The maximum atomic E-state index is 12.4. The molecule has 0 aliphatic carbocycles. The molecule has 1 aromatic heterocycles. The summed E-state index contributed by atoms with van der Waals surface area (Å²) < 4.78 is 34.2. The van der Waals surface area contributed by atoms with Crippen LogP contribution in [0.4, 0.5) is 0 Å². The maximum absolute atomic E-state index is 12.4. The SMILES string of the molecule is Cc1nn(CCO)c(C)c1S(=O)(=O)NCC1CCCO1. The van der Waals surface area contributed by atoms with Gasteiger partial charge in [0.05, 0.1) is 30.6 Å². The third-order valence-corrected chi connectivity index (χ3v) is 5.10. The monoisotopic (exact) mass is 303 g/mol. The molecule has 1 saturated heterocycles. The van der Waals surface area contributed by atoms with E-state index in [9.17, 15) is 8.42 Å². The number of hydrogen-bond acceptors (Lipinski definition) is 5. The van der Waals surface area contributed by atoms with E-state index < -0.39 is 10.0 Å². The van der Waals surface area contributed by atoms with Crippen LogP contribution in [0.5, 0.6) is 0 Å². The summed E-state index contributed by atoms with van der Waals surface area (Å²) in [6, 6.07) is 0. The quantitative estimate of drug-likeness (QED) is 0.768. The van der Waals surface area contributed by atoms with Crippen molar-refractivity contribution in [2.24, 2.45) is 0 Å². The summed E-state index contributed by atoms with van der Waals surface area (Å²) >= 11 is 0. The molecule has 0 radical (unpaired) electrons. The molecule has 1 unspecified atom stereocenters. The lowest BCUT2D eigenvalue weighted by molar-refractivity contribution is 0.114. The standard InChI is InChI=1S/C12H21N3O4S/c1-9-12(10(2)15(14-9)5-6-16)20(17,18)13-8-11-4-3-7-19-11/h11,13,16H,3-8H2,1-2H3. The minimum atomic E-state index is -3.60. The molecule has 8 heteroatoms. The van der Waals surface area contributed by atoms with Crippen LogP contribution in [0.3, 0.4) is 0 Å². The molecule has 7 nitrogen and oxygen atoms in total. The Morgan fingerprint density at radius 3 is 2.85 bits per heavy atom. The van der Waals surface area contributed by atoms with Gasteiger partial charge < -0.3 is 9.84 Å². The van der Waals surface area contributed by atoms with Crippen LogP contribution in [0.15, 0.2) is 4.90 Å².